The molecule has 1 aliphatic carbocycles. The molecule has 0 radical (unpaired) electrons. The van der Waals surface area contributed by atoms with Gasteiger partial charge in [0.05, 0.1) is 12.0 Å². The zero-order valence-corrected chi connectivity index (χ0v) is 25.3. The molecular weight excluding hydrogens is 537 g/mol. The zero-order chi connectivity index (χ0) is 30.5. The highest BCUT2D eigenvalue weighted by molar-refractivity contribution is 6.01. The van der Waals surface area contributed by atoms with Gasteiger partial charge >= 0.3 is 0 Å². The minimum atomic E-state index is -0.619. The Morgan fingerprint density at radius 1 is 1.05 bits per heavy atom. The van der Waals surface area contributed by atoms with Crippen LogP contribution in [0.4, 0.5) is 4.39 Å². The number of likely N-dealkylation sites (tertiary alicyclic amines) is 1. The van der Waals surface area contributed by atoms with Gasteiger partial charge in [-0.05, 0) is 109 Å². The van der Waals surface area contributed by atoms with Crippen LogP contribution in [0.5, 0.6) is 5.75 Å². The number of ketones is 1. The van der Waals surface area contributed by atoms with Crippen LogP contribution >= 0.6 is 0 Å². The first-order valence-corrected chi connectivity index (χ1v) is 15.1. The van der Waals surface area contributed by atoms with Crippen molar-refractivity contribution < 1.29 is 18.7 Å². The standard InChI is InChI=1S/C38H38FNO3/c1-6-7-30-24(4)18-29(21-32(30)25(5)26-8-9-26)37(42)40-16-14-38(15-17-40)22-35(41)33-20-28(11-13-36(33)43-38)27-10-12-34(39)31(19-27)23(2)3/h6-7,10-13,18-21,26H,1-2,8-9,14-17,22H2,3-5H3/b30-7-,32-25+. The average Bonchev–Trinajstić information content (AvgIpc) is 3.84. The van der Waals surface area contributed by atoms with Gasteiger partial charge in [-0.2, -0.15) is 0 Å². The number of allylic oxidation sites excluding steroid dienone is 2. The third kappa shape index (κ3) is 5.49. The molecule has 0 N–H and O–H groups in total. The van der Waals surface area contributed by atoms with E-state index in [0.717, 1.165) is 27.1 Å². The lowest BCUT2D eigenvalue weighted by atomic mass is 9.81. The molecule has 4 nitrogen and oxygen atoms in total. The lowest BCUT2D eigenvalue weighted by molar-refractivity contribution is -0.00570. The lowest BCUT2D eigenvalue weighted by Crippen LogP contribution is -2.52. The molecule has 0 bridgehead atoms. The second kappa shape index (κ2) is 11.1. The van der Waals surface area contributed by atoms with Crippen LogP contribution in [0.25, 0.3) is 28.3 Å². The molecule has 3 aromatic rings. The number of fused-ring (bicyclic) bond motifs is 1. The van der Waals surface area contributed by atoms with Gasteiger partial charge in [-0.1, -0.05) is 43.0 Å². The molecule has 1 amide bonds. The number of hydrogen-bond donors (Lipinski definition) is 0. The van der Waals surface area contributed by atoms with E-state index in [4.69, 9.17) is 4.74 Å². The van der Waals surface area contributed by atoms with Gasteiger partial charge in [0.25, 0.3) is 5.91 Å². The Hall–Kier alpha value is -4.25. The normalized spacial score (nSPS) is 18.7. The van der Waals surface area contributed by atoms with E-state index in [2.05, 4.69) is 33.1 Å². The Morgan fingerprint density at radius 2 is 1.74 bits per heavy atom. The molecule has 3 aromatic carbocycles. The van der Waals surface area contributed by atoms with Gasteiger partial charge in [-0.15, -0.1) is 0 Å². The maximum Gasteiger partial charge on any atom is 0.253 e. The predicted octanol–water partition coefficient (Wildman–Crippen LogP) is 7.02. The predicted molar refractivity (Wildman–Crippen MR) is 171 cm³/mol. The molecule has 6 rings (SSSR count). The van der Waals surface area contributed by atoms with E-state index < -0.39 is 5.60 Å². The number of rotatable bonds is 5. The minimum Gasteiger partial charge on any atom is -0.486 e. The summed E-state index contributed by atoms with van der Waals surface area (Å²) in [5.74, 6) is 0.911. The maximum atomic E-state index is 14.2. The summed E-state index contributed by atoms with van der Waals surface area (Å²) in [6.07, 6.45) is 7.71. The van der Waals surface area contributed by atoms with E-state index >= 15 is 0 Å². The number of piperidine rings is 1. The molecule has 1 saturated carbocycles. The van der Waals surface area contributed by atoms with E-state index in [1.165, 1.54) is 24.5 Å². The Balaban J connectivity index is 1.21. The summed E-state index contributed by atoms with van der Waals surface area (Å²) in [7, 11) is 0. The number of halogens is 1. The van der Waals surface area contributed by atoms with Crippen molar-refractivity contribution in [3.05, 3.63) is 106 Å². The first-order valence-electron chi connectivity index (χ1n) is 15.1. The smallest absolute Gasteiger partial charge is 0.253 e. The number of carbonyl (C=O) groups excluding carboxylic acids is 2. The van der Waals surface area contributed by atoms with Crippen LogP contribution in [0.15, 0.2) is 67.8 Å². The SMILES string of the molecule is C=C/C=c1/c(C)cc(C(=O)N2CCC3(CC2)CC(=O)c2cc(-c4ccc(F)c(C(=C)C)c4)ccc2O3)c/c1=C(/C)C1CC1. The first-order chi connectivity index (χ1) is 20.6. The number of amides is 1. The van der Waals surface area contributed by atoms with Crippen molar-refractivity contribution in [2.24, 2.45) is 5.92 Å². The van der Waals surface area contributed by atoms with Gasteiger partial charge in [-0.3, -0.25) is 9.59 Å². The van der Waals surface area contributed by atoms with Crippen LogP contribution in [0.1, 0.15) is 77.8 Å². The largest absolute Gasteiger partial charge is 0.486 e. The maximum absolute atomic E-state index is 14.2. The van der Waals surface area contributed by atoms with Crippen LogP contribution in [-0.4, -0.2) is 35.3 Å². The molecule has 0 unspecified atom stereocenters. The van der Waals surface area contributed by atoms with Gasteiger partial charge in [0.2, 0.25) is 0 Å². The van der Waals surface area contributed by atoms with Crippen molar-refractivity contribution >= 4 is 28.9 Å². The molecule has 2 aliphatic heterocycles. The van der Waals surface area contributed by atoms with Gasteiger partial charge in [0, 0.05) is 37.1 Å². The summed E-state index contributed by atoms with van der Waals surface area (Å²) >= 11 is 0. The molecular formula is C38H38FNO3. The van der Waals surface area contributed by atoms with Crippen molar-refractivity contribution in [3.63, 3.8) is 0 Å². The third-order valence-corrected chi connectivity index (χ3v) is 9.34. The van der Waals surface area contributed by atoms with Crippen molar-refractivity contribution in [1.82, 2.24) is 4.90 Å². The summed E-state index contributed by atoms with van der Waals surface area (Å²) in [4.78, 5) is 29.1. The number of nitrogens with zero attached hydrogens (tertiary/aromatic N) is 1. The molecule has 0 aromatic heterocycles. The van der Waals surface area contributed by atoms with Crippen molar-refractivity contribution in [1.29, 1.82) is 0 Å². The summed E-state index contributed by atoms with van der Waals surface area (Å²) < 4.78 is 20.8. The quantitative estimate of drug-likeness (QED) is 0.329. The van der Waals surface area contributed by atoms with E-state index in [1.54, 1.807) is 19.1 Å². The molecule has 2 heterocycles. The topological polar surface area (TPSA) is 46.6 Å². The summed E-state index contributed by atoms with van der Waals surface area (Å²) in [6, 6.07) is 14.5. The number of carbonyl (C=O) groups is 2. The summed E-state index contributed by atoms with van der Waals surface area (Å²) in [6.45, 7) is 14.8. The lowest BCUT2D eigenvalue weighted by Gasteiger charge is -2.44. The fourth-order valence-corrected chi connectivity index (χ4v) is 6.61. The van der Waals surface area contributed by atoms with Crippen LogP contribution in [0.3, 0.4) is 0 Å². The van der Waals surface area contributed by atoms with Gasteiger partial charge in [-0.25, -0.2) is 4.39 Å². The summed E-state index contributed by atoms with van der Waals surface area (Å²) in [5.41, 5.74) is 5.81. The Kier molecular flexibility index (Phi) is 7.45. The van der Waals surface area contributed by atoms with E-state index in [-0.39, 0.29) is 23.9 Å². The molecule has 43 heavy (non-hydrogen) atoms. The molecule has 3 aliphatic rings. The minimum absolute atomic E-state index is 0.0218. The molecule has 5 heteroatoms. The fourth-order valence-electron chi connectivity index (χ4n) is 6.61. The molecule has 1 spiro atoms. The second-order valence-corrected chi connectivity index (χ2v) is 12.5. The average molecular weight is 576 g/mol. The highest BCUT2D eigenvalue weighted by Crippen LogP contribution is 2.41. The van der Waals surface area contributed by atoms with Crippen molar-refractivity contribution in [2.45, 2.75) is 58.5 Å². The molecule has 220 valence electrons. The number of hydrogen-bond acceptors (Lipinski definition) is 3. The van der Waals surface area contributed by atoms with E-state index in [9.17, 15) is 14.0 Å². The molecule has 1 saturated heterocycles. The van der Waals surface area contributed by atoms with Gasteiger partial charge < -0.3 is 9.64 Å². The monoisotopic (exact) mass is 575 g/mol. The number of Topliss-reactive ketones (excluding diaryl/α,β-unsaturated/α-hetero) is 1. The van der Waals surface area contributed by atoms with Gasteiger partial charge in [0.1, 0.15) is 17.2 Å². The second-order valence-electron chi connectivity index (χ2n) is 12.5. The molecule has 0 atom stereocenters. The van der Waals surface area contributed by atoms with Gasteiger partial charge in [0.15, 0.2) is 5.78 Å². The fraction of sp³-hybridized carbons (Fsp3) is 0.316. The molecule has 2 fully saturated rings. The van der Waals surface area contributed by atoms with Crippen molar-refractivity contribution in [3.8, 4) is 16.9 Å². The van der Waals surface area contributed by atoms with Crippen LogP contribution in [-0.2, 0) is 0 Å². The Morgan fingerprint density at radius 3 is 2.42 bits per heavy atom. The number of aryl methyl sites for hydroxylation is 1. The first kappa shape index (κ1) is 28.9. The Labute approximate surface area is 252 Å². The zero-order valence-electron chi connectivity index (χ0n) is 25.3. The van der Waals surface area contributed by atoms with E-state index in [0.29, 0.717) is 59.9 Å². The van der Waals surface area contributed by atoms with Crippen LogP contribution in [0, 0.1) is 18.7 Å². The van der Waals surface area contributed by atoms with Crippen LogP contribution < -0.4 is 15.2 Å². The highest BCUT2D eigenvalue weighted by Gasteiger charge is 2.44. The highest BCUT2D eigenvalue weighted by atomic mass is 19.1. The third-order valence-electron chi connectivity index (χ3n) is 9.34. The number of ether oxygens (including phenoxy) is 1. The van der Waals surface area contributed by atoms with E-state index in [1.807, 2.05) is 41.3 Å². The Bertz CT molecular complexity index is 1810. The number of benzene rings is 3. The summed E-state index contributed by atoms with van der Waals surface area (Å²) in [5, 5.41) is 2.29. The van der Waals surface area contributed by atoms with Crippen LogP contribution in [0.2, 0.25) is 0 Å². The van der Waals surface area contributed by atoms with Crippen molar-refractivity contribution in [2.75, 3.05) is 13.1 Å².